The highest BCUT2D eigenvalue weighted by atomic mass is 35.5. The van der Waals surface area contributed by atoms with Crippen molar-refractivity contribution in [2.24, 2.45) is 10.8 Å². The van der Waals surface area contributed by atoms with Crippen molar-refractivity contribution in [3.05, 3.63) is 63.4 Å². The van der Waals surface area contributed by atoms with Gasteiger partial charge in [-0.25, -0.2) is 4.39 Å². The molecule has 1 aliphatic heterocycles. The normalized spacial score (nSPS) is 31.0. The molecule has 7 rings (SSSR count). The second kappa shape index (κ2) is 10.7. The molecule has 5 aliphatic rings. The zero-order valence-corrected chi connectivity index (χ0v) is 26.0. The number of carboxylic acids is 1. The van der Waals surface area contributed by atoms with Crippen molar-refractivity contribution in [2.75, 3.05) is 5.32 Å². The third-order valence-electron chi connectivity index (χ3n) is 10.5. The number of aliphatic carboxylic acids is 1. The first kappa shape index (κ1) is 30.4. The average molecular weight is 631 g/mol. The molecule has 2 bridgehead atoms. The molecule has 0 unspecified atom stereocenters. The minimum Gasteiger partial charge on any atom is -0.481 e. The lowest BCUT2D eigenvalue weighted by Gasteiger charge is -2.56. The Balaban J connectivity index is 1.43. The van der Waals surface area contributed by atoms with E-state index in [2.05, 4.69) is 29.8 Å². The summed E-state index contributed by atoms with van der Waals surface area (Å²) >= 11 is 12.6. The molecule has 2 atom stereocenters. The molecule has 4 fully saturated rings. The maximum Gasteiger partial charge on any atom is 0.309 e. The summed E-state index contributed by atoms with van der Waals surface area (Å²) in [6, 6.07) is 9.18. The van der Waals surface area contributed by atoms with E-state index in [1.165, 1.54) is 6.07 Å². The monoisotopic (exact) mass is 629 g/mol. The Labute approximate surface area is 261 Å². The van der Waals surface area contributed by atoms with Gasteiger partial charge in [0, 0.05) is 34.1 Å². The van der Waals surface area contributed by atoms with E-state index in [0.29, 0.717) is 67.6 Å². The van der Waals surface area contributed by atoms with Gasteiger partial charge in [-0.1, -0.05) is 55.2 Å². The molecule has 10 heteroatoms. The first-order valence-corrected chi connectivity index (χ1v) is 15.8. The number of halogens is 3. The molecule has 2 aromatic rings. The number of carboxylic acid groups (broad SMARTS) is 1. The molecule has 1 spiro atoms. The van der Waals surface area contributed by atoms with E-state index in [1.807, 2.05) is 0 Å². The maximum absolute atomic E-state index is 15.8. The molecular formula is C33H38Cl2FN3O4. The zero-order chi connectivity index (χ0) is 30.8. The van der Waals surface area contributed by atoms with E-state index in [-0.39, 0.29) is 35.1 Å². The van der Waals surface area contributed by atoms with Gasteiger partial charge in [0.15, 0.2) is 0 Å². The van der Waals surface area contributed by atoms with Crippen LogP contribution in [0.15, 0.2) is 36.4 Å². The van der Waals surface area contributed by atoms with Crippen LogP contribution in [0.3, 0.4) is 0 Å². The number of anilines is 1. The largest absolute Gasteiger partial charge is 0.481 e. The van der Waals surface area contributed by atoms with Crippen molar-refractivity contribution >= 4 is 46.7 Å². The molecular weight excluding hydrogens is 592 g/mol. The number of nitrogens with one attached hydrogen (secondary N) is 3. The Morgan fingerprint density at radius 1 is 1.02 bits per heavy atom. The van der Waals surface area contributed by atoms with E-state index in [0.717, 1.165) is 5.56 Å². The highest BCUT2D eigenvalue weighted by molar-refractivity contribution is 6.31. The first-order chi connectivity index (χ1) is 20.2. The highest BCUT2D eigenvalue weighted by Crippen LogP contribution is 2.53. The lowest BCUT2D eigenvalue weighted by molar-refractivity contribution is -0.157. The molecule has 4 saturated carbocycles. The number of benzene rings is 2. The topological polar surface area (TPSA) is 108 Å². The van der Waals surface area contributed by atoms with Crippen molar-refractivity contribution in [1.82, 2.24) is 10.6 Å². The number of carbonyl (C=O) groups is 3. The standard InChI is InChI=1S/C33H38Cl2FN3O4/c1-30(2)17-33(18-30)16-25(40)37-24-15-20(34)7-6-19(24)14-22(21-4-3-5-23(35)26(21)36)27(38-33)28(41)39-32-11-8-31(9-12-32,10-13-32)29(42)43/h3-7,15,22,27,38H,8-14,16-18H2,1-2H3,(H,37,40)(H,39,41)(H,42,43)/t22-,27+,31?,32?/m0/s1. The zero-order valence-electron chi connectivity index (χ0n) is 24.5. The molecule has 2 aromatic carbocycles. The second-order valence-electron chi connectivity index (χ2n) is 14.3. The van der Waals surface area contributed by atoms with Crippen LogP contribution in [0.5, 0.6) is 0 Å². The number of rotatable bonds is 4. The maximum atomic E-state index is 15.8. The quantitative estimate of drug-likeness (QED) is 0.304. The predicted octanol–water partition coefficient (Wildman–Crippen LogP) is 6.61. The summed E-state index contributed by atoms with van der Waals surface area (Å²) in [5.74, 6) is -2.45. The summed E-state index contributed by atoms with van der Waals surface area (Å²) in [5.41, 5.74) is -0.355. The number of amides is 2. The second-order valence-corrected chi connectivity index (χ2v) is 15.1. The van der Waals surface area contributed by atoms with Crippen molar-refractivity contribution in [2.45, 2.75) is 101 Å². The molecule has 43 heavy (non-hydrogen) atoms. The van der Waals surface area contributed by atoms with Gasteiger partial charge in [0.25, 0.3) is 0 Å². The van der Waals surface area contributed by atoms with Gasteiger partial charge < -0.3 is 15.7 Å². The molecule has 0 aromatic heterocycles. The van der Waals surface area contributed by atoms with Crippen molar-refractivity contribution < 1.29 is 23.9 Å². The van der Waals surface area contributed by atoms with E-state index < -0.39 is 40.2 Å². The summed E-state index contributed by atoms with van der Waals surface area (Å²) in [4.78, 5) is 40.0. The summed E-state index contributed by atoms with van der Waals surface area (Å²) < 4.78 is 15.8. The number of hydrogen-bond donors (Lipinski definition) is 4. The van der Waals surface area contributed by atoms with E-state index in [9.17, 15) is 19.5 Å². The Bertz CT molecular complexity index is 1460. The van der Waals surface area contributed by atoms with Crippen molar-refractivity contribution in [3.63, 3.8) is 0 Å². The number of fused-ring (bicyclic) bond motifs is 4. The average Bonchev–Trinajstić information content (AvgIpc) is 2.92. The Kier molecular flexibility index (Phi) is 7.58. The van der Waals surface area contributed by atoms with Crippen LogP contribution >= 0.6 is 23.2 Å². The van der Waals surface area contributed by atoms with Gasteiger partial charge in [-0.3, -0.25) is 19.7 Å². The lowest BCUT2D eigenvalue weighted by Crippen LogP contribution is -2.68. The molecule has 1 heterocycles. The van der Waals surface area contributed by atoms with E-state index in [1.54, 1.807) is 30.3 Å². The fourth-order valence-corrected chi connectivity index (χ4v) is 8.92. The molecule has 2 amide bonds. The Morgan fingerprint density at radius 3 is 2.33 bits per heavy atom. The van der Waals surface area contributed by atoms with Gasteiger partial charge in [-0.05, 0) is 92.5 Å². The number of hydrogen-bond acceptors (Lipinski definition) is 4. The molecule has 4 N–H and O–H groups in total. The summed E-state index contributed by atoms with van der Waals surface area (Å²) in [5, 5.41) is 20.3. The fourth-order valence-electron chi connectivity index (χ4n) is 8.57. The minimum atomic E-state index is -0.888. The van der Waals surface area contributed by atoms with Crippen LogP contribution in [-0.2, 0) is 20.8 Å². The van der Waals surface area contributed by atoms with Crippen LogP contribution in [0, 0.1) is 16.6 Å². The highest BCUT2D eigenvalue weighted by Gasteiger charge is 2.56. The fraction of sp³-hybridized carbons (Fsp3) is 0.545. The molecule has 0 radical (unpaired) electrons. The van der Waals surface area contributed by atoms with Crippen LogP contribution in [0.4, 0.5) is 10.1 Å². The van der Waals surface area contributed by atoms with Crippen molar-refractivity contribution in [3.8, 4) is 0 Å². The first-order valence-electron chi connectivity index (χ1n) is 15.1. The van der Waals surface area contributed by atoms with Crippen LogP contribution < -0.4 is 16.0 Å². The van der Waals surface area contributed by atoms with Gasteiger partial charge in [0.2, 0.25) is 11.8 Å². The number of carbonyl (C=O) groups excluding carboxylic acids is 2. The molecule has 7 nitrogen and oxygen atoms in total. The van der Waals surface area contributed by atoms with Crippen LogP contribution in [0.1, 0.15) is 88.7 Å². The summed E-state index contributed by atoms with van der Waals surface area (Å²) in [6.07, 6.45) is 4.99. The Hall–Kier alpha value is -2.68. The van der Waals surface area contributed by atoms with Gasteiger partial charge >= 0.3 is 5.97 Å². The van der Waals surface area contributed by atoms with Crippen LogP contribution in [-0.4, -0.2) is 40.0 Å². The Morgan fingerprint density at radius 2 is 1.70 bits per heavy atom. The van der Waals surface area contributed by atoms with Gasteiger partial charge in [0.1, 0.15) is 5.82 Å². The molecule has 0 saturated heterocycles. The predicted molar refractivity (Wildman–Crippen MR) is 164 cm³/mol. The lowest BCUT2D eigenvalue weighted by atomic mass is 9.57. The van der Waals surface area contributed by atoms with Gasteiger partial charge in [0.05, 0.1) is 16.5 Å². The van der Waals surface area contributed by atoms with E-state index >= 15 is 4.39 Å². The van der Waals surface area contributed by atoms with Gasteiger partial charge in [-0.2, -0.15) is 0 Å². The molecule has 230 valence electrons. The third-order valence-corrected chi connectivity index (χ3v) is 11.1. The van der Waals surface area contributed by atoms with E-state index in [4.69, 9.17) is 23.2 Å². The van der Waals surface area contributed by atoms with Crippen molar-refractivity contribution in [1.29, 1.82) is 0 Å². The third kappa shape index (κ3) is 5.67. The SMILES string of the molecule is CC1(C)CC2(CC(=O)Nc3cc(Cl)ccc3C[C@@H](c3cccc(Cl)c3F)[C@H](C(=O)NC34CCC(C(=O)O)(CC3)CC4)N2)C1. The van der Waals surface area contributed by atoms with Gasteiger partial charge in [-0.15, -0.1) is 0 Å². The summed E-state index contributed by atoms with van der Waals surface area (Å²) in [7, 11) is 0. The minimum absolute atomic E-state index is 0.0268. The molecule has 4 aliphatic carbocycles. The van der Waals surface area contributed by atoms with Crippen LogP contribution in [0.25, 0.3) is 0 Å². The van der Waals surface area contributed by atoms with Crippen LogP contribution in [0.2, 0.25) is 10.0 Å². The summed E-state index contributed by atoms with van der Waals surface area (Å²) in [6.45, 7) is 4.26. The smallest absolute Gasteiger partial charge is 0.309 e.